The second-order valence-corrected chi connectivity index (χ2v) is 5.63. The highest BCUT2D eigenvalue weighted by Gasteiger charge is 2.30. The Balaban J connectivity index is 1.75. The number of aromatic nitrogens is 1. The van der Waals surface area contributed by atoms with Crippen LogP contribution in [0, 0.1) is 6.92 Å². The number of fused-ring (bicyclic) bond motifs is 1. The second-order valence-electron chi connectivity index (χ2n) is 4.69. The molecule has 3 rings (SSSR count). The van der Waals surface area contributed by atoms with Gasteiger partial charge in [-0.2, -0.15) is 0 Å². The molecule has 0 aliphatic heterocycles. The summed E-state index contributed by atoms with van der Waals surface area (Å²) in [6, 6.07) is 8.30. The van der Waals surface area contributed by atoms with Crippen LogP contribution in [0.2, 0.25) is 0 Å². The van der Waals surface area contributed by atoms with Crippen LogP contribution in [-0.2, 0) is 13.0 Å². The van der Waals surface area contributed by atoms with Crippen LogP contribution in [-0.4, -0.2) is 16.2 Å². The predicted molar refractivity (Wildman–Crippen MR) is 72.6 cm³/mol. The maximum atomic E-state index is 10.1. The van der Waals surface area contributed by atoms with Crippen molar-refractivity contribution >= 4 is 11.3 Å². The fraction of sp³-hybridized carbons (Fsp3) is 0.357. The molecule has 0 saturated carbocycles. The summed E-state index contributed by atoms with van der Waals surface area (Å²) in [6.45, 7) is 2.79. The Labute approximate surface area is 111 Å². The molecule has 0 amide bonds. The smallest absolute Gasteiger partial charge is 0.0798 e. The molecule has 0 radical (unpaired) electrons. The third kappa shape index (κ3) is 2.07. The molecule has 1 aliphatic carbocycles. The van der Waals surface area contributed by atoms with E-state index in [-0.39, 0.29) is 12.1 Å². The van der Waals surface area contributed by atoms with Gasteiger partial charge in [0.15, 0.2) is 0 Å². The number of benzene rings is 1. The predicted octanol–water partition coefficient (Wildman–Crippen LogP) is 2.20. The summed E-state index contributed by atoms with van der Waals surface area (Å²) in [4.78, 5) is 5.48. The van der Waals surface area contributed by atoms with E-state index in [0.717, 1.165) is 18.7 Å². The topological polar surface area (TPSA) is 45.2 Å². The number of nitrogens with one attached hydrogen (secondary N) is 1. The molecule has 0 fully saturated rings. The van der Waals surface area contributed by atoms with Crippen LogP contribution >= 0.6 is 11.3 Å². The third-order valence-electron chi connectivity index (χ3n) is 3.53. The molecule has 0 saturated heterocycles. The Kier molecular flexibility index (Phi) is 3.16. The molecule has 2 atom stereocenters. The maximum Gasteiger partial charge on any atom is 0.0798 e. The minimum absolute atomic E-state index is 0.0442. The zero-order valence-corrected chi connectivity index (χ0v) is 11.1. The Morgan fingerprint density at radius 2 is 2.28 bits per heavy atom. The standard InChI is InChI=1S/C14H16N2OS/c1-9-13(18-8-16-9)7-15-14-11-5-3-2-4-10(11)6-12(14)17/h2-5,8,12,14-15,17H,6-7H2,1H3/t12-,14+/m0/s1. The number of nitrogens with zero attached hydrogens (tertiary/aromatic N) is 1. The molecule has 18 heavy (non-hydrogen) atoms. The minimum Gasteiger partial charge on any atom is -0.391 e. The van der Waals surface area contributed by atoms with Gasteiger partial charge in [-0.05, 0) is 18.1 Å². The Bertz CT molecular complexity index is 552. The molecule has 94 valence electrons. The highest BCUT2D eigenvalue weighted by Crippen LogP contribution is 2.31. The SMILES string of the molecule is Cc1ncsc1CN[C@@H]1c2ccccc2C[C@@H]1O. The molecule has 0 unspecified atom stereocenters. The number of hydrogen-bond donors (Lipinski definition) is 2. The highest BCUT2D eigenvalue weighted by molar-refractivity contribution is 7.09. The quantitative estimate of drug-likeness (QED) is 0.889. The zero-order valence-electron chi connectivity index (χ0n) is 10.3. The van der Waals surface area contributed by atoms with Gasteiger partial charge in [0.05, 0.1) is 23.4 Å². The van der Waals surface area contributed by atoms with Crippen molar-refractivity contribution in [1.29, 1.82) is 0 Å². The lowest BCUT2D eigenvalue weighted by molar-refractivity contribution is 0.141. The molecular weight excluding hydrogens is 244 g/mol. The molecule has 3 nitrogen and oxygen atoms in total. The zero-order chi connectivity index (χ0) is 12.5. The van der Waals surface area contributed by atoms with E-state index in [4.69, 9.17) is 0 Å². The summed E-state index contributed by atoms with van der Waals surface area (Å²) in [5.74, 6) is 0. The summed E-state index contributed by atoms with van der Waals surface area (Å²) in [5.41, 5.74) is 5.43. The van der Waals surface area contributed by atoms with Gasteiger partial charge in [0, 0.05) is 17.8 Å². The molecular formula is C14H16N2OS. The monoisotopic (exact) mass is 260 g/mol. The van der Waals surface area contributed by atoms with Crippen molar-refractivity contribution in [2.75, 3.05) is 0 Å². The molecule has 4 heteroatoms. The fourth-order valence-corrected chi connectivity index (χ4v) is 3.25. The van der Waals surface area contributed by atoms with Crippen molar-refractivity contribution in [2.24, 2.45) is 0 Å². The fourth-order valence-electron chi connectivity index (χ4n) is 2.52. The molecule has 2 N–H and O–H groups in total. The first-order valence-corrected chi connectivity index (χ1v) is 7.02. The van der Waals surface area contributed by atoms with Crippen LogP contribution in [0.25, 0.3) is 0 Å². The first-order valence-electron chi connectivity index (χ1n) is 6.14. The van der Waals surface area contributed by atoms with Crippen LogP contribution in [0.4, 0.5) is 0 Å². The van der Waals surface area contributed by atoms with Crippen LogP contribution in [0.1, 0.15) is 27.7 Å². The van der Waals surface area contributed by atoms with E-state index < -0.39 is 0 Å². The number of aliphatic hydroxyl groups is 1. The first kappa shape index (κ1) is 11.8. The van der Waals surface area contributed by atoms with Gasteiger partial charge in [-0.15, -0.1) is 11.3 Å². The third-order valence-corrected chi connectivity index (χ3v) is 4.47. The molecule has 0 bridgehead atoms. The lowest BCUT2D eigenvalue weighted by Gasteiger charge is -2.17. The molecule has 1 aliphatic rings. The van der Waals surface area contributed by atoms with E-state index in [9.17, 15) is 5.11 Å². The van der Waals surface area contributed by atoms with Crippen molar-refractivity contribution in [1.82, 2.24) is 10.3 Å². The van der Waals surface area contributed by atoms with E-state index >= 15 is 0 Å². The second kappa shape index (κ2) is 4.80. The molecule has 1 aromatic carbocycles. The lowest BCUT2D eigenvalue weighted by Crippen LogP contribution is -2.28. The Morgan fingerprint density at radius 1 is 1.44 bits per heavy atom. The van der Waals surface area contributed by atoms with E-state index in [1.54, 1.807) is 11.3 Å². The average Bonchev–Trinajstić information content (AvgIpc) is 2.90. The summed E-state index contributed by atoms with van der Waals surface area (Å²) in [6.07, 6.45) is 0.422. The van der Waals surface area contributed by atoms with E-state index in [1.807, 2.05) is 24.6 Å². The normalized spacial score (nSPS) is 22.1. The largest absolute Gasteiger partial charge is 0.391 e. The van der Waals surface area contributed by atoms with Crippen molar-refractivity contribution in [3.8, 4) is 0 Å². The number of hydrogen-bond acceptors (Lipinski definition) is 4. The van der Waals surface area contributed by atoms with Crippen molar-refractivity contribution < 1.29 is 5.11 Å². The lowest BCUT2D eigenvalue weighted by atomic mass is 10.1. The van der Waals surface area contributed by atoms with Crippen molar-refractivity contribution in [2.45, 2.75) is 32.0 Å². The number of aliphatic hydroxyl groups excluding tert-OH is 1. The first-order chi connectivity index (χ1) is 8.75. The van der Waals surface area contributed by atoms with E-state index in [1.165, 1.54) is 16.0 Å². The Hall–Kier alpha value is -1.23. The van der Waals surface area contributed by atoms with Gasteiger partial charge in [0.2, 0.25) is 0 Å². The minimum atomic E-state index is -0.323. The number of rotatable bonds is 3. The van der Waals surface area contributed by atoms with Gasteiger partial charge in [0.1, 0.15) is 0 Å². The van der Waals surface area contributed by atoms with Crippen molar-refractivity contribution in [3.05, 3.63) is 51.5 Å². The van der Waals surface area contributed by atoms with Gasteiger partial charge < -0.3 is 10.4 Å². The maximum absolute atomic E-state index is 10.1. The summed E-state index contributed by atoms with van der Waals surface area (Å²) >= 11 is 1.66. The molecule has 1 heterocycles. The summed E-state index contributed by atoms with van der Waals surface area (Å²) in [7, 11) is 0. The number of aryl methyl sites for hydroxylation is 1. The van der Waals surface area contributed by atoms with Gasteiger partial charge >= 0.3 is 0 Å². The van der Waals surface area contributed by atoms with E-state index in [0.29, 0.717) is 0 Å². The van der Waals surface area contributed by atoms with Crippen LogP contribution in [0.5, 0.6) is 0 Å². The van der Waals surface area contributed by atoms with Crippen LogP contribution < -0.4 is 5.32 Å². The molecule has 1 aromatic heterocycles. The van der Waals surface area contributed by atoms with Crippen molar-refractivity contribution in [3.63, 3.8) is 0 Å². The molecule has 2 aromatic rings. The average molecular weight is 260 g/mol. The van der Waals surface area contributed by atoms with Gasteiger partial charge in [-0.25, -0.2) is 4.98 Å². The molecule has 0 spiro atoms. The van der Waals surface area contributed by atoms with Crippen LogP contribution in [0.15, 0.2) is 29.8 Å². The Morgan fingerprint density at radius 3 is 3.06 bits per heavy atom. The van der Waals surface area contributed by atoms with E-state index in [2.05, 4.69) is 22.4 Å². The van der Waals surface area contributed by atoms with Gasteiger partial charge in [0.25, 0.3) is 0 Å². The van der Waals surface area contributed by atoms with Gasteiger partial charge in [-0.3, -0.25) is 0 Å². The highest BCUT2D eigenvalue weighted by atomic mass is 32.1. The number of thiazole rings is 1. The van der Waals surface area contributed by atoms with Crippen LogP contribution in [0.3, 0.4) is 0 Å². The van der Waals surface area contributed by atoms with Gasteiger partial charge in [-0.1, -0.05) is 24.3 Å². The summed E-state index contributed by atoms with van der Waals surface area (Å²) < 4.78 is 0. The summed E-state index contributed by atoms with van der Waals surface area (Å²) in [5, 5.41) is 13.6.